The Hall–Kier alpha value is -1.81. The molecule has 0 amide bonds. The van der Waals surface area contributed by atoms with Crippen LogP contribution in [0.15, 0.2) is 30.5 Å². The summed E-state index contributed by atoms with van der Waals surface area (Å²) in [6.45, 7) is 4.86. The van der Waals surface area contributed by atoms with Crippen molar-refractivity contribution in [3.8, 4) is 0 Å². The van der Waals surface area contributed by atoms with E-state index in [1.165, 1.54) is 0 Å². The molecule has 4 nitrogen and oxygen atoms in total. The molecule has 0 aliphatic carbocycles. The van der Waals surface area contributed by atoms with Gasteiger partial charge in [-0.05, 0) is 31.0 Å². The van der Waals surface area contributed by atoms with Gasteiger partial charge in [-0.2, -0.15) is 5.10 Å². The van der Waals surface area contributed by atoms with Gasteiger partial charge in [-0.25, -0.2) is 4.79 Å². The summed E-state index contributed by atoms with van der Waals surface area (Å²) in [7, 11) is 0. The predicted molar refractivity (Wildman–Crippen MR) is 82.7 cm³/mol. The van der Waals surface area contributed by atoms with Crippen LogP contribution < -0.4 is 0 Å². The first-order chi connectivity index (χ1) is 10.2. The first-order valence-corrected chi connectivity index (χ1v) is 7.49. The number of hydrogen-bond donors (Lipinski definition) is 0. The molecule has 1 aromatic heterocycles. The molecule has 21 heavy (non-hydrogen) atoms. The molecule has 0 saturated carbocycles. The number of esters is 1. The summed E-state index contributed by atoms with van der Waals surface area (Å²) in [5, 5.41) is 5.05. The van der Waals surface area contributed by atoms with Gasteiger partial charge in [-0.15, -0.1) is 0 Å². The SMILES string of the molecule is CCCc1c(C(=O)OCC)cnn1Cc1ccc(Cl)cc1. The second kappa shape index (κ2) is 7.27. The summed E-state index contributed by atoms with van der Waals surface area (Å²) in [6.07, 6.45) is 3.33. The van der Waals surface area contributed by atoms with Crippen LogP contribution in [0.1, 0.15) is 41.9 Å². The summed E-state index contributed by atoms with van der Waals surface area (Å²) in [5.41, 5.74) is 2.58. The Morgan fingerprint density at radius 1 is 1.29 bits per heavy atom. The highest BCUT2D eigenvalue weighted by Gasteiger charge is 2.17. The van der Waals surface area contributed by atoms with E-state index >= 15 is 0 Å². The third kappa shape index (κ3) is 3.85. The standard InChI is InChI=1S/C16H19ClN2O2/c1-3-5-15-14(16(20)21-4-2)10-18-19(15)11-12-6-8-13(17)9-7-12/h6-10H,3-5,11H2,1-2H3. The molecule has 0 bridgehead atoms. The minimum atomic E-state index is -0.302. The quantitative estimate of drug-likeness (QED) is 0.764. The highest BCUT2D eigenvalue weighted by molar-refractivity contribution is 6.30. The molecule has 0 unspecified atom stereocenters. The molecule has 0 N–H and O–H groups in total. The normalized spacial score (nSPS) is 10.6. The Labute approximate surface area is 129 Å². The number of rotatable bonds is 6. The Bertz CT molecular complexity index is 605. The lowest BCUT2D eigenvalue weighted by Gasteiger charge is -2.09. The molecule has 112 valence electrons. The number of hydrogen-bond acceptors (Lipinski definition) is 3. The molecule has 0 aliphatic rings. The Balaban J connectivity index is 2.26. The van der Waals surface area contributed by atoms with Gasteiger partial charge in [0.1, 0.15) is 5.56 Å². The van der Waals surface area contributed by atoms with Gasteiger partial charge in [0.15, 0.2) is 0 Å². The number of carbonyl (C=O) groups is 1. The van der Waals surface area contributed by atoms with E-state index in [4.69, 9.17) is 16.3 Å². The van der Waals surface area contributed by atoms with Gasteiger partial charge in [0.25, 0.3) is 0 Å². The average molecular weight is 307 g/mol. The lowest BCUT2D eigenvalue weighted by Crippen LogP contribution is -2.11. The van der Waals surface area contributed by atoms with Crippen LogP contribution in [0.4, 0.5) is 0 Å². The first-order valence-electron chi connectivity index (χ1n) is 7.12. The summed E-state index contributed by atoms with van der Waals surface area (Å²) < 4.78 is 6.94. The molecule has 0 fully saturated rings. The van der Waals surface area contributed by atoms with Gasteiger partial charge in [-0.3, -0.25) is 4.68 Å². The van der Waals surface area contributed by atoms with E-state index in [1.807, 2.05) is 28.9 Å². The molecule has 0 atom stereocenters. The number of carbonyl (C=O) groups excluding carboxylic acids is 1. The predicted octanol–water partition coefficient (Wildman–Crippen LogP) is 3.71. The molecule has 0 saturated heterocycles. The summed E-state index contributed by atoms with van der Waals surface area (Å²) in [6, 6.07) is 7.63. The van der Waals surface area contributed by atoms with Gasteiger partial charge >= 0.3 is 5.97 Å². The van der Waals surface area contributed by atoms with Crippen molar-refractivity contribution < 1.29 is 9.53 Å². The fourth-order valence-electron chi connectivity index (χ4n) is 2.19. The van der Waals surface area contributed by atoms with Crippen LogP contribution in [-0.2, 0) is 17.7 Å². The molecule has 0 radical (unpaired) electrons. The van der Waals surface area contributed by atoms with E-state index in [1.54, 1.807) is 13.1 Å². The lowest BCUT2D eigenvalue weighted by molar-refractivity contribution is 0.0525. The highest BCUT2D eigenvalue weighted by atomic mass is 35.5. The zero-order valence-corrected chi connectivity index (χ0v) is 13.1. The van der Waals surface area contributed by atoms with E-state index < -0.39 is 0 Å². The Kier molecular flexibility index (Phi) is 5.39. The second-order valence-corrected chi connectivity index (χ2v) is 5.20. The lowest BCUT2D eigenvalue weighted by atomic mass is 10.1. The number of aromatic nitrogens is 2. The minimum absolute atomic E-state index is 0.302. The van der Waals surface area contributed by atoms with Crippen molar-refractivity contribution >= 4 is 17.6 Å². The summed E-state index contributed by atoms with van der Waals surface area (Å²) in [4.78, 5) is 12.0. The fourth-order valence-corrected chi connectivity index (χ4v) is 2.32. The minimum Gasteiger partial charge on any atom is -0.462 e. The van der Waals surface area contributed by atoms with E-state index in [0.717, 1.165) is 24.1 Å². The third-order valence-corrected chi connectivity index (χ3v) is 3.43. The van der Waals surface area contributed by atoms with Gasteiger partial charge in [0.05, 0.1) is 25.0 Å². The van der Waals surface area contributed by atoms with Gasteiger partial charge in [0, 0.05) is 5.02 Å². The van der Waals surface area contributed by atoms with Crippen molar-refractivity contribution in [2.75, 3.05) is 6.61 Å². The maximum absolute atomic E-state index is 12.0. The topological polar surface area (TPSA) is 44.1 Å². The number of nitrogens with zero attached hydrogens (tertiary/aromatic N) is 2. The smallest absolute Gasteiger partial charge is 0.341 e. The molecule has 2 aromatic rings. The summed E-state index contributed by atoms with van der Waals surface area (Å²) in [5.74, 6) is -0.302. The highest BCUT2D eigenvalue weighted by Crippen LogP contribution is 2.16. The van der Waals surface area contributed by atoms with E-state index in [-0.39, 0.29) is 5.97 Å². The summed E-state index contributed by atoms with van der Waals surface area (Å²) >= 11 is 5.89. The molecule has 5 heteroatoms. The number of benzene rings is 1. The van der Waals surface area contributed by atoms with E-state index in [0.29, 0.717) is 23.7 Å². The number of halogens is 1. The second-order valence-electron chi connectivity index (χ2n) is 4.76. The molecule has 1 heterocycles. The molecular weight excluding hydrogens is 288 g/mol. The van der Waals surface area contributed by atoms with Crippen LogP contribution >= 0.6 is 11.6 Å². The van der Waals surface area contributed by atoms with Gasteiger partial charge in [0.2, 0.25) is 0 Å². The van der Waals surface area contributed by atoms with E-state index in [2.05, 4.69) is 12.0 Å². The molecule has 0 spiro atoms. The monoisotopic (exact) mass is 306 g/mol. The first kappa shape index (κ1) is 15.6. The van der Waals surface area contributed by atoms with Crippen LogP contribution in [0.3, 0.4) is 0 Å². The maximum Gasteiger partial charge on any atom is 0.341 e. The van der Waals surface area contributed by atoms with Crippen LogP contribution in [0, 0.1) is 0 Å². The average Bonchev–Trinajstić information content (AvgIpc) is 2.85. The van der Waals surface area contributed by atoms with Crippen LogP contribution in [0.25, 0.3) is 0 Å². The molecule has 0 aliphatic heterocycles. The van der Waals surface area contributed by atoms with Crippen LogP contribution in [-0.4, -0.2) is 22.4 Å². The third-order valence-electron chi connectivity index (χ3n) is 3.18. The largest absolute Gasteiger partial charge is 0.462 e. The van der Waals surface area contributed by atoms with Crippen molar-refractivity contribution in [2.45, 2.75) is 33.2 Å². The molecule has 1 aromatic carbocycles. The molecular formula is C16H19ClN2O2. The van der Waals surface area contributed by atoms with Crippen molar-refractivity contribution in [1.29, 1.82) is 0 Å². The van der Waals surface area contributed by atoms with Crippen LogP contribution in [0.5, 0.6) is 0 Å². The maximum atomic E-state index is 12.0. The van der Waals surface area contributed by atoms with Crippen molar-refractivity contribution in [1.82, 2.24) is 9.78 Å². The number of ether oxygens (including phenoxy) is 1. The Morgan fingerprint density at radius 3 is 2.62 bits per heavy atom. The van der Waals surface area contributed by atoms with Crippen molar-refractivity contribution in [3.05, 3.63) is 52.3 Å². The van der Waals surface area contributed by atoms with Crippen molar-refractivity contribution in [3.63, 3.8) is 0 Å². The zero-order chi connectivity index (χ0) is 15.2. The van der Waals surface area contributed by atoms with Gasteiger partial charge in [-0.1, -0.05) is 37.1 Å². The molecule has 2 rings (SSSR count). The fraction of sp³-hybridized carbons (Fsp3) is 0.375. The Morgan fingerprint density at radius 2 is 2.00 bits per heavy atom. The van der Waals surface area contributed by atoms with Gasteiger partial charge < -0.3 is 4.74 Å². The van der Waals surface area contributed by atoms with Crippen LogP contribution in [0.2, 0.25) is 5.02 Å². The van der Waals surface area contributed by atoms with Crippen molar-refractivity contribution in [2.24, 2.45) is 0 Å². The zero-order valence-electron chi connectivity index (χ0n) is 12.3. The van der Waals surface area contributed by atoms with E-state index in [9.17, 15) is 4.79 Å².